The van der Waals surface area contributed by atoms with Gasteiger partial charge in [-0.3, -0.25) is 4.79 Å². The molecule has 0 saturated carbocycles. The molecule has 4 heteroatoms. The Morgan fingerprint density at radius 2 is 2.33 bits per heavy atom. The van der Waals surface area contributed by atoms with Gasteiger partial charge >= 0.3 is 0 Å². The predicted octanol–water partition coefficient (Wildman–Crippen LogP) is 2.23. The molecule has 0 radical (unpaired) electrons. The summed E-state index contributed by atoms with van der Waals surface area (Å²) < 4.78 is 0. The van der Waals surface area contributed by atoms with Crippen molar-refractivity contribution >= 4 is 23.2 Å². The number of hydrogen-bond acceptors (Lipinski definition) is 2. The van der Waals surface area contributed by atoms with Crippen molar-refractivity contribution in [2.45, 2.75) is 6.42 Å². The topological polar surface area (TPSA) is 55.1 Å². The van der Waals surface area contributed by atoms with Crippen molar-refractivity contribution in [1.82, 2.24) is 5.32 Å². The molecule has 3 N–H and O–H groups in total. The van der Waals surface area contributed by atoms with Crippen LogP contribution in [0.5, 0.6) is 0 Å². The number of rotatable bonds is 4. The maximum absolute atomic E-state index is 11.6. The summed E-state index contributed by atoms with van der Waals surface area (Å²) in [5.74, 6) is -0.193. The zero-order valence-corrected chi connectivity index (χ0v) is 9.05. The third kappa shape index (κ3) is 3.29. The third-order valence-corrected chi connectivity index (χ3v) is 2.18. The number of benzene rings is 1. The summed E-state index contributed by atoms with van der Waals surface area (Å²) in [5.41, 5.74) is 6.50. The number of hydrogen-bond donors (Lipinski definition) is 2. The van der Waals surface area contributed by atoms with Gasteiger partial charge in [0.1, 0.15) is 0 Å². The summed E-state index contributed by atoms with van der Waals surface area (Å²) in [6, 6.07) is 4.82. The minimum Gasteiger partial charge on any atom is -0.399 e. The van der Waals surface area contributed by atoms with Crippen LogP contribution in [0.2, 0.25) is 5.02 Å². The molecule has 0 aliphatic carbocycles. The first-order valence-electron chi connectivity index (χ1n) is 4.59. The van der Waals surface area contributed by atoms with E-state index in [1.807, 2.05) is 0 Å². The average Bonchev–Trinajstić information content (AvgIpc) is 2.17. The van der Waals surface area contributed by atoms with Crippen molar-refractivity contribution in [3.8, 4) is 0 Å². The molecule has 0 bridgehead atoms. The van der Waals surface area contributed by atoms with E-state index in [0.29, 0.717) is 22.8 Å². The lowest BCUT2D eigenvalue weighted by molar-refractivity contribution is 0.0954. The van der Waals surface area contributed by atoms with E-state index in [2.05, 4.69) is 11.9 Å². The quantitative estimate of drug-likeness (QED) is 0.468. The second-order valence-electron chi connectivity index (χ2n) is 3.07. The first-order chi connectivity index (χ1) is 7.15. The Morgan fingerprint density at radius 3 is 2.93 bits per heavy atom. The highest BCUT2D eigenvalue weighted by molar-refractivity contribution is 6.34. The number of halogens is 1. The average molecular weight is 225 g/mol. The van der Waals surface area contributed by atoms with Gasteiger partial charge in [-0.2, -0.15) is 0 Å². The molecule has 1 amide bonds. The largest absolute Gasteiger partial charge is 0.399 e. The van der Waals surface area contributed by atoms with E-state index in [4.69, 9.17) is 17.3 Å². The van der Waals surface area contributed by atoms with Crippen molar-refractivity contribution in [2.24, 2.45) is 0 Å². The van der Waals surface area contributed by atoms with Crippen LogP contribution >= 0.6 is 11.6 Å². The Morgan fingerprint density at radius 1 is 1.60 bits per heavy atom. The standard InChI is InChI=1S/C11H13ClN2O/c1-2-3-6-14-11(15)9-5-4-8(13)7-10(9)12/h2,4-5,7H,1,3,6,13H2,(H,14,15). The Hall–Kier alpha value is -1.48. The van der Waals surface area contributed by atoms with Crippen LogP contribution < -0.4 is 11.1 Å². The summed E-state index contributed by atoms with van der Waals surface area (Å²) >= 11 is 5.88. The Labute approximate surface area is 93.9 Å². The van der Waals surface area contributed by atoms with Crippen LogP contribution in [0.25, 0.3) is 0 Å². The first kappa shape index (κ1) is 11.6. The van der Waals surface area contributed by atoms with Crippen molar-refractivity contribution in [3.05, 3.63) is 41.4 Å². The fourth-order valence-corrected chi connectivity index (χ4v) is 1.37. The molecular formula is C11H13ClN2O. The van der Waals surface area contributed by atoms with Crippen molar-refractivity contribution in [2.75, 3.05) is 12.3 Å². The van der Waals surface area contributed by atoms with Crippen LogP contribution in [0.3, 0.4) is 0 Å². The van der Waals surface area contributed by atoms with Crippen molar-refractivity contribution in [1.29, 1.82) is 0 Å². The smallest absolute Gasteiger partial charge is 0.252 e. The van der Waals surface area contributed by atoms with Crippen molar-refractivity contribution in [3.63, 3.8) is 0 Å². The van der Waals surface area contributed by atoms with Gasteiger partial charge < -0.3 is 11.1 Å². The lowest BCUT2D eigenvalue weighted by Gasteiger charge is -2.05. The number of carbonyl (C=O) groups excluding carboxylic acids is 1. The van der Waals surface area contributed by atoms with Gasteiger partial charge in [0.05, 0.1) is 10.6 Å². The van der Waals surface area contributed by atoms with Crippen LogP contribution in [0.1, 0.15) is 16.8 Å². The van der Waals surface area contributed by atoms with Crippen LogP contribution in [0.4, 0.5) is 5.69 Å². The molecule has 0 saturated heterocycles. The van der Waals surface area contributed by atoms with Gasteiger partial charge in [0.15, 0.2) is 0 Å². The molecule has 0 aliphatic heterocycles. The lowest BCUT2D eigenvalue weighted by Crippen LogP contribution is -2.24. The molecule has 1 aromatic carbocycles. The molecule has 0 atom stereocenters. The molecule has 0 heterocycles. The van der Waals surface area contributed by atoms with E-state index in [1.165, 1.54) is 0 Å². The number of nitrogen functional groups attached to an aromatic ring is 1. The van der Waals surface area contributed by atoms with Crippen LogP contribution in [-0.2, 0) is 0 Å². The van der Waals surface area contributed by atoms with Gasteiger partial charge in [0.25, 0.3) is 5.91 Å². The number of amides is 1. The van der Waals surface area contributed by atoms with Gasteiger partial charge in [0.2, 0.25) is 0 Å². The number of nitrogens with two attached hydrogens (primary N) is 1. The van der Waals surface area contributed by atoms with Crippen LogP contribution in [-0.4, -0.2) is 12.5 Å². The van der Waals surface area contributed by atoms with Crippen LogP contribution in [0, 0.1) is 0 Å². The third-order valence-electron chi connectivity index (χ3n) is 1.87. The number of carbonyl (C=O) groups is 1. The predicted molar refractivity (Wildman–Crippen MR) is 63.0 cm³/mol. The molecule has 1 rings (SSSR count). The highest BCUT2D eigenvalue weighted by Gasteiger charge is 2.08. The molecule has 0 fully saturated rings. The lowest BCUT2D eigenvalue weighted by atomic mass is 10.2. The Balaban J connectivity index is 2.69. The fourth-order valence-electron chi connectivity index (χ4n) is 1.10. The molecule has 80 valence electrons. The Bertz CT molecular complexity index is 377. The summed E-state index contributed by atoms with van der Waals surface area (Å²) in [6.45, 7) is 4.12. The number of nitrogens with one attached hydrogen (secondary N) is 1. The minimum atomic E-state index is -0.193. The first-order valence-corrected chi connectivity index (χ1v) is 4.97. The van der Waals surface area contributed by atoms with E-state index in [1.54, 1.807) is 24.3 Å². The van der Waals surface area contributed by atoms with Gasteiger partial charge in [-0.15, -0.1) is 6.58 Å². The second kappa shape index (κ2) is 5.41. The van der Waals surface area contributed by atoms with Crippen molar-refractivity contribution < 1.29 is 4.79 Å². The summed E-state index contributed by atoms with van der Waals surface area (Å²) in [4.78, 5) is 11.6. The van der Waals surface area contributed by atoms with E-state index < -0.39 is 0 Å². The molecule has 3 nitrogen and oxygen atoms in total. The van der Waals surface area contributed by atoms with E-state index in [9.17, 15) is 4.79 Å². The zero-order chi connectivity index (χ0) is 11.3. The molecule has 0 aliphatic rings. The highest BCUT2D eigenvalue weighted by Crippen LogP contribution is 2.18. The van der Waals surface area contributed by atoms with E-state index in [0.717, 1.165) is 6.42 Å². The summed E-state index contributed by atoms with van der Waals surface area (Å²) in [7, 11) is 0. The second-order valence-corrected chi connectivity index (χ2v) is 3.48. The Kier molecular flexibility index (Phi) is 4.18. The summed E-state index contributed by atoms with van der Waals surface area (Å²) in [5, 5.41) is 3.09. The molecule has 0 unspecified atom stereocenters. The van der Waals surface area contributed by atoms with Gasteiger partial charge in [-0.1, -0.05) is 17.7 Å². The van der Waals surface area contributed by atoms with Gasteiger partial charge in [-0.05, 0) is 24.6 Å². The maximum atomic E-state index is 11.6. The highest BCUT2D eigenvalue weighted by atomic mass is 35.5. The molecule has 1 aromatic rings. The molecular weight excluding hydrogens is 212 g/mol. The normalized spacial score (nSPS) is 9.67. The molecule has 0 spiro atoms. The zero-order valence-electron chi connectivity index (χ0n) is 8.29. The molecule has 0 aromatic heterocycles. The monoisotopic (exact) mass is 224 g/mol. The molecule has 15 heavy (non-hydrogen) atoms. The van der Waals surface area contributed by atoms with E-state index >= 15 is 0 Å². The van der Waals surface area contributed by atoms with Gasteiger partial charge in [-0.25, -0.2) is 0 Å². The van der Waals surface area contributed by atoms with Gasteiger partial charge in [0, 0.05) is 12.2 Å². The number of anilines is 1. The van der Waals surface area contributed by atoms with Crippen LogP contribution in [0.15, 0.2) is 30.9 Å². The summed E-state index contributed by atoms with van der Waals surface area (Å²) in [6.07, 6.45) is 2.48. The SMILES string of the molecule is C=CCCNC(=O)c1ccc(N)cc1Cl. The minimum absolute atomic E-state index is 0.193. The fraction of sp³-hybridized carbons (Fsp3) is 0.182. The maximum Gasteiger partial charge on any atom is 0.252 e. The van der Waals surface area contributed by atoms with E-state index in [-0.39, 0.29) is 5.91 Å².